The summed E-state index contributed by atoms with van der Waals surface area (Å²) in [7, 11) is -2.99. The van der Waals surface area contributed by atoms with Gasteiger partial charge in [0.25, 0.3) is 7.37 Å². The summed E-state index contributed by atoms with van der Waals surface area (Å²) < 4.78 is 19.5. The Morgan fingerprint density at radius 3 is 1.83 bits per heavy atom. The van der Waals surface area contributed by atoms with Crippen LogP contribution in [-0.2, 0) is 9.09 Å². The van der Waals surface area contributed by atoms with Gasteiger partial charge in [-0.3, -0.25) is 4.57 Å². The molecule has 0 unspecified atom stereocenters. The Morgan fingerprint density at radius 1 is 0.826 bits per heavy atom. The third kappa shape index (κ3) is 5.34. The molecule has 23 heavy (non-hydrogen) atoms. The Kier molecular flexibility index (Phi) is 7.08. The molecule has 0 saturated carbocycles. The number of unbranched alkanes of at least 4 members (excludes halogenated alkanes) is 2. The lowest BCUT2D eigenvalue weighted by atomic mass is 10.1. The van der Waals surface area contributed by atoms with E-state index < -0.39 is 7.37 Å². The molecular formula is C20H27O2P. The summed E-state index contributed by atoms with van der Waals surface area (Å²) in [5.41, 5.74) is 0. The molecule has 0 spiro atoms. The zero-order chi connectivity index (χ0) is 16.5. The van der Waals surface area contributed by atoms with E-state index in [9.17, 15) is 4.57 Å². The fourth-order valence-corrected chi connectivity index (χ4v) is 4.68. The Bertz CT molecular complexity index is 565. The van der Waals surface area contributed by atoms with E-state index in [-0.39, 0.29) is 0 Å². The first-order valence-electron chi connectivity index (χ1n) is 8.49. The molecule has 0 heterocycles. The maximum atomic E-state index is 13.5. The van der Waals surface area contributed by atoms with Crippen molar-refractivity contribution in [1.82, 2.24) is 0 Å². The van der Waals surface area contributed by atoms with Gasteiger partial charge in [0.1, 0.15) is 0 Å². The molecule has 2 aromatic carbocycles. The standard InChI is InChI=1S/C20H27O2P/c1-18(2)12-6-5-11-17-22-23(21,19-13-7-3-8-14-19)20-15-9-4-10-16-20/h3-4,7-10,13-16,18H,5-6,11-12,17H2,1-2H3. The van der Waals surface area contributed by atoms with Gasteiger partial charge in [0, 0.05) is 10.6 Å². The van der Waals surface area contributed by atoms with Gasteiger partial charge >= 0.3 is 0 Å². The topological polar surface area (TPSA) is 26.3 Å². The van der Waals surface area contributed by atoms with Crippen LogP contribution in [0.3, 0.4) is 0 Å². The summed E-state index contributed by atoms with van der Waals surface area (Å²) in [6, 6.07) is 19.1. The van der Waals surface area contributed by atoms with Crippen molar-refractivity contribution in [2.24, 2.45) is 5.92 Å². The van der Waals surface area contributed by atoms with Crippen molar-refractivity contribution >= 4 is 18.0 Å². The molecule has 0 amide bonds. The van der Waals surface area contributed by atoms with Crippen molar-refractivity contribution in [2.75, 3.05) is 6.61 Å². The summed E-state index contributed by atoms with van der Waals surface area (Å²) in [4.78, 5) is 0. The van der Waals surface area contributed by atoms with Crippen LogP contribution in [0.15, 0.2) is 60.7 Å². The Morgan fingerprint density at radius 2 is 1.35 bits per heavy atom. The van der Waals surface area contributed by atoms with E-state index in [4.69, 9.17) is 4.52 Å². The van der Waals surface area contributed by atoms with E-state index in [1.165, 1.54) is 12.8 Å². The van der Waals surface area contributed by atoms with E-state index in [1.807, 2.05) is 60.7 Å². The number of hydrogen-bond acceptors (Lipinski definition) is 2. The molecule has 0 atom stereocenters. The fourth-order valence-electron chi connectivity index (χ4n) is 2.57. The quantitative estimate of drug-likeness (QED) is 0.469. The van der Waals surface area contributed by atoms with Crippen molar-refractivity contribution in [3.63, 3.8) is 0 Å². The summed E-state index contributed by atoms with van der Waals surface area (Å²) in [6.07, 6.45) is 4.54. The molecule has 0 aliphatic carbocycles. The van der Waals surface area contributed by atoms with Gasteiger partial charge in [0.2, 0.25) is 0 Å². The van der Waals surface area contributed by atoms with Crippen LogP contribution in [0, 0.1) is 5.92 Å². The lowest BCUT2D eigenvalue weighted by molar-refractivity contribution is 0.312. The van der Waals surface area contributed by atoms with E-state index in [2.05, 4.69) is 13.8 Å². The van der Waals surface area contributed by atoms with Crippen LogP contribution in [-0.4, -0.2) is 6.61 Å². The molecule has 0 N–H and O–H groups in total. The average molecular weight is 330 g/mol. The largest absolute Gasteiger partial charge is 0.322 e. The van der Waals surface area contributed by atoms with Gasteiger partial charge in [-0.05, 0) is 36.6 Å². The highest BCUT2D eigenvalue weighted by atomic mass is 31.2. The number of rotatable bonds is 9. The first kappa shape index (κ1) is 18.0. The first-order valence-corrected chi connectivity index (χ1v) is 10.1. The van der Waals surface area contributed by atoms with Crippen molar-refractivity contribution in [3.8, 4) is 0 Å². The van der Waals surface area contributed by atoms with Crippen LogP contribution in [0.5, 0.6) is 0 Å². The maximum absolute atomic E-state index is 13.5. The van der Waals surface area contributed by atoms with Crippen molar-refractivity contribution in [3.05, 3.63) is 60.7 Å². The monoisotopic (exact) mass is 330 g/mol. The van der Waals surface area contributed by atoms with Crippen molar-refractivity contribution < 1.29 is 9.09 Å². The number of hydrogen-bond donors (Lipinski definition) is 0. The molecule has 0 aliphatic rings. The number of benzene rings is 2. The highest BCUT2D eigenvalue weighted by molar-refractivity contribution is 7.74. The lowest BCUT2D eigenvalue weighted by Gasteiger charge is -2.19. The molecule has 3 heteroatoms. The van der Waals surface area contributed by atoms with Crippen LogP contribution in [0.1, 0.15) is 39.5 Å². The van der Waals surface area contributed by atoms with Crippen LogP contribution >= 0.6 is 7.37 Å². The minimum absolute atomic E-state index is 0.541. The van der Waals surface area contributed by atoms with Crippen LogP contribution in [0.4, 0.5) is 0 Å². The molecule has 0 aliphatic heterocycles. The van der Waals surface area contributed by atoms with E-state index >= 15 is 0 Å². The molecule has 0 fully saturated rings. The zero-order valence-corrected chi connectivity index (χ0v) is 15.0. The summed E-state index contributed by atoms with van der Waals surface area (Å²) in [6.45, 7) is 5.03. The highest BCUT2D eigenvalue weighted by Gasteiger charge is 2.27. The second kappa shape index (κ2) is 9.05. The fraction of sp³-hybridized carbons (Fsp3) is 0.400. The first-order chi connectivity index (χ1) is 11.1. The molecule has 2 rings (SSSR count). The lowest BCUT2D eigenvalue weighted by Crippen LogP contribution is -2.18. The highest BCUT2D eigenvalue weighted by Crippen LogP contribution is 2.44. The minimum Gasteiger partial charge on any atom is -0.322 e. The van der Waals surface area contributed by atoms with Crippen molar-refractivity contribution in [2.45, 2.75) is 39.5 Å². The Balaban J connectivity index is 2.03. The van der Waals surface area contributed by atoms with Crippen LogP contribution in [0.25, 0.3) is 0 Å². The molecule has 2 aromatic rings. The van der Waals surface area contributed by atoms with Gasteiger partial charge in [-0.25, -0.2) is 0 Å². The second-order valence-corrected chi connectivity index (χ2v) is 8.69. The van der Waals surface area contributed by atoms with Crippen molar-refractivity contribution in [1.29, 1.82) is 0 Å². The molecule has 0 aromatic heterocycles. The Hall–Kier alpha value is -1.37. The molecule has 2 nitrogen and oxygen atoms in total. The van der Waals surface area contributed by atoms with Gasteiger partial charge in [-0.2, -0.15) is 0 Å². The van der Waals surface area contributed by atoms with Crippen LogP contribution < -0.4 is 10.6 Å². The zero-order valence-electron chi connectivity index (χ0n) is 14.2. The smallest absolute Gasteiger partial charge is 0.261 e. The SMILES string of the molecule is CC(C)CCCCCOP(=O)(c1ccccc1)c1ccccc1. The summed E-state index contributed by atoms with van der Waals surface area (Å²) in [5.74, 6) is 0.746. The van der Waals surface area contributed by atoms with Gasteiger partial charge in [0.15, 0.2) is 0 Å². The summed E-state index contributed by atoms with van der Waals surface area (Å²) >= 11 is 0. The predicted octanol–water partition coefficient (Wildman–Crippen LogP) is 5.15. The third-order valence-corrected chi connectivity index (χ3v) is 6.39. The second-order valence-electron chi connectivity index (χ2n) is 6.30. The van der Waals surface area contributed by atoms with Gasteiger partial charge in [-0.15, -0.1) is 0 Å². The van der Waals surface area contributed by atoms with E-state index in [0.29, 0.717) is 6.61 Å². The normalized spacial score (nSPS) is 11.8. The van der Waals surface area contributed by atoms with Gasteiger partial charge in [-0.1, -0.05) is 69.5 Å². The maximum Gasteiger partial charge on any atom is 0.261 e. The van der Waals surface area contributed by atoms with E-state index in [0.717, 1.165) is 29.4 Å². The molecule has 0 saturated heterocycles. The van der Waals surface area contributed by atoms with Gasteiger partial charge < -0.3 is 4.52 Å². The minimum atomic E-state index is -2.99. The molecule has 124 valence electrons. The summed E-state index contributed by atoms with van der Waals surface area (Å²) in [5, 5.41) is 1.54. The van der Waals surface area contributed by atoms with Crippen LogP contribution in [0.2, 0.25) is 0 Å². The molecular weight excluding hydrogens is 303 g/mol. The average Bonchev–Trinajstić information content (AvgIpc) is 2.59. The Labute approximate surface area is 140 Å². The molecule has 0 radical (unpaired) electrons. The molecule has 0 bridgehead atoms. The third-order valence-electron chi connectivity index (χ3n) is 3.89. The van der Waals surface area contributed by atoms with Gasteiger partial charge in [0.05, 0.1) is 6.61 Å². The predicted molar refractivity (Wildman–Crippen MR) is 99.0 cm³/mol. The van der Waals surface area contributed by atoms with E-state index in [1.54, 1.807) is 0 Å².